The number of aromatic nitrogens is 2. The van der Waals surface area contributed by atoms with Gasteiger partial charge in [0.2, 0.25) is 0 Å². The molecule has 0 aliphatic rings. The Morgan fingerprint density at radius 2 is 2.05 bits per heavy atom. The number of hydrogen-bond acceptors (Lipinski definition) is 2. The molecule has 0 spiro atoms. The van der Waals surface area contributed by atoms with E-state index in [9.17, 15) is 0 Å². The lowest BCUT2D eigenvalue weighted by atomic mass is 10.2. The largest absolute Gasteiger partial charge is 0.379 e. The van der Waals surface area contributed by atoms with Gasteiger partial charge in [0.1, 0.15) is 0 Å². The highest BCUT2D eigenvalue weighted by atomic mass is 79.9. The van der Waals surface area contributed by atoms with Gasteiger partial charge in [0.25, 0.3) is 0 Å². The van der Waals surface area contributed by atoms with E-state index in [0.29, 0.717) is 17.6 Å². The van der Waals surface area contributed by atoms with Crippen LogP contribution in [0.2, 0.25) is 5.02 Å². The Morgan fingerprint density at radius 3 is 2.70 bits per heavy atom. The summed E-state index contributed by atoms with van der Waals surface area (Å²) in [5, 5.41) is 8.69. The smallest absolute Gasteiger partial charge is 0.0815 e. The van der Waals surface area contributed by atoms with E-state index in [4.69, 9.17) is 11.6 Å². The van der Waals surface area contributed by atoms with E-state index < -0.39 is 0 Å². The van der Waals surface area contributed by atoms with E-state index in [1.807, 2.05) is 18.2 Å². The van der Waals surface area contributed by atoms with Gasteiger partial charge in [0.15, 0.2) is 0 Å². The summed E-state index contributed by atoms with van der Waals surface area (Å²) in [6, 6.07) is 8.37. The first-order chi connectivity index (χ1) is 9.63. The fraction of sp³-hybridized carbons (Fsp3) is 0.400. The van der Waals surface area contributed by atoms with Crippen LogP contribution < -0.4 is 5.32 Å². The highest BCUT2D eigenvalue weighted by Crippen LogP contribution is 2.25. The summed E-state index contributed by atoms with van der Waals surface area (Å²) in [4.78, 5) is 0. The predicted molar refractivity (Wildman–Crippen MR) is 88.3 cm³/mol. The van der Waals surface area contributed by atoms with Crippen LogP contribution in [0.25, 0.3) is 0 Å². The van der Waals surface area contributed by atoms with Crippen LogP contribution in [0, 0.1) is 0 Å². The van der Waals surface area contributed by atoms with Crippen molar-refractivity contribution >= 4 is 33.2 Å². The molecule has 1 heterocycles. The molecule has 0 saturated heterocycles. The minimum absolute atomic E-state index is 0.494. The fourth-order valence-corrected chi connectivity index (χ4v) is 2.63. The molecule has 20 heavy (non-hydrogen) atoms. The summed E-state index contributed by atoms with van der Waals surface area (Å²) >= 11 is 9.40. The molecule has 5 heteroatoms. The number of rotatable bonds is 6. The SMILES string of the molecule is CCC(CC)n1ccc(CNc2ccc(Cl)c(Br)c2)n1. The van der Waals surface area contributed by atoms with Gasteiger partial charge in [0, 0.05) is 16.4 Å². The van der Waals surface area contributed by atoms with Crippen LogP contribution in [-0.2, 0) is 6.54 Å². The van der Waals surface area contributed by atoms with Crippen LogP contribution in [0.5, 0.6) is 0 Å². The first-order valence-corrected chi connectivity index (χ1v) is 8.04. The van der Waals surface area contributed by atoms with Gasteiger partial charge in [-0.15, -0.1) is 0 Å². The van der Waals surface area contributed by atoms with E-state index in [2.05, 4.69) is 57.1 Å². The molecule has 108 valence electrons. The van der Waals surface area contributed by atoms with Crippen molar-refractivity contribution in [3.05, 3.63) is 45.7 Å². The van der Waals surface area contributed by atoms with Crippen molar-refractivity contribution in [2.24, 2.45) is 0 Å². The zero-order valence-electron chi connectivity index (χ0n) is 11.7. The molecule has 2 rings (SSSR count). The number of anilines is 1. The van der Waals surface area contributed by atoms with Gasteiger partial charge < -0.3 is 5.32 Å². The molecule has 1 N–H and O–H groups in total. The molecule has 0 atom stereocenters. The minimum Gasteiger partial charge on any atom is -0.379 e. The summed E-state index contributed by atoms with van der Waals surface area (Å²) in [5.74, 6) is 0. The number of benzene rings is 1. The van der Waals surface area contributed by atoms with Gasteiger partial charge in [-0.05, 0) is 53.0 Å². The second kappa shape index (κ2) is 7.14. The second-order valence-electron chi connectivity index (χ2n) is 4.74. The molecule has 1 aromatic carbocycles. The van der Waals surface area contributed by atoms with Gasteiger partial charge in [-0.2, -0.15) is 5.10 Å². The molecule has 0 bridgehead atoms. The summed E-state index contributed by atoms with van der Waals surface area (Å²) in [5.41, 5.74) is 2.07. The molecule has 0 fully saturated rings. The summed E-state index contributed by atoms with van der Waals surface area (Å²) in [6.45, 7) is 5.10. The standard InChI is InChI=1S/C15H19BrClN3/c1-3-13(4-2)20-8-7-12(19-20)10-18-11-5-6-15(17)14(16)9-11/h5-9,13,18H,3-4,10H2,1-2H3. The Kier molecular flexibility index (Phi) is 5.49. The van der Waals surface area contributed by atoms with Gasteiger partial charge in [0.05, 0.1) is 23.3 Å². The summed E-state index contributed by atoms with van der Waals surface area (Å²) in [6.07, 6.45) is 4.27. The Balaban J connectivity index is 1.98. The lowest BCUT2D eigenvalue weighted by molar-refractivity contribution is 0.426. The number of nitrogens with one attached hydrogen (secondary N) is 1. The molecule has 0 saturated carbocycles. The molecule has 3 nitrogen and oxygen atoms in total. The number of nitrogens with zero attached hydrogens (tertiary/aromatic N) is 2. The molecule has 0 radical (unpaired) electrons. The molecule has 0 aliphatic carbocycles. The van der Waals surface area contributed by atoms with E-state index in [1.165, 1.54) is 0 Å². The average Bonchev–Trinajstić information content (AvgIpc) is 2.90. The molecule has 0 unspecified atom stereocenters. The van der Waals surface area contributed by atoms with Gasteiger partial charge in [-0.25, -0.2) is 0 Å². The van der Waals surface area contributed by atoms with Gasteiger partial charge >= 0.3 is 0 Å². The topological polar surface area (TPSA) is 29.9 Å². The van der Waals surface area contributed by atoms with E-state index >= 15 is 0 Å². The maximum Gasteiger partial charge on any atom is 0.0815 e. The van der Waals surface area contributed by atoms with Crippen molar-refractivity contribution in [1.82, 2.24) is 9.78 Å². The van der Waals surface area contributed by atoms with Crippen LogP contribution in [0.1, 0.15) is 38.4 Å². The molecular formula is C15H19BrClN3. The third-order valence-corrected chi connectivity index (χ3v) is 4.59. The summed E-state index contributed by atoms with van der Waals surface area (Å²) in [7, 11) is 0. The third-order valence-electron chi connectivity index (χ3n) is 3.37. The molecule has 0 amide bonds. The molecule has 2 aromatic rings. The quantitative estimate of drug-likeness (QED) is 0.764. The minimum atomic E-state index is 0.494. The average molecular weight is 357 g/mol. The highest BCUT2D eigenvalue weighted by Gasteiger charge is 2.07. The van der Waals surface area contributed by atoms with Crippen molar-refractivity contribution in [3.63, 3.8) is 0 Å². The van der Waals surface area contributed by atoms with E-state index in [-0.39, 0.29) is 0 Å². The Labute approximate surface area is 133 Å². The lowest BCUT2D eigenvalue weighted by Crippen LogP contribution is -2.09. The normalized spacial score (nSPS) is 11.1. The van der Waals surface area contributed by atoms with Crippen molar-refractivity contribution in [3.8, 4) is 0 Å². The highest BCUT2D eigenvalue weighted by molar-refractivity contribution is 9.10. The van der Waals surface area contributed by atoms with Gasteiger partial charge in [-0.1, -0.05) is 25.4 Å². The van der Waals surface area contributed by atoms with Crippen LogP contribution in [0.3, 0.4) is 0 Å². The first-order valence-electron chi connectivity index (χ1n) is 6.87. The van der Waals surface area contributed by atoms with Crippen LogP contribution in [0.15, 0.2) is 34.9 Å². The summed E-state index contributed by atoms with van der Waals surface area (Å²) < 4.78 is 2.96. The van der Waals surface area contributed by atoms with E-state index in [0.717, 1.165) is 28.7 Å². The first kappa shape index (κ1) is 15.4. The Hall–Kier alpha value is -1.00. The Morgan fingerprint density at radius 1 is 1.30 bits per heavy atom. The monoisotopic (exact) mass is 355 g/mol. The zero-order chi connectivity index (χ0) is 14.5. The fourth-order valence-electron chi connectivity index (χ4n) is 2.14. The van der Waals surface area contributed by atoms with Crippen molar-refractivity contribution in [2.75, 3.05) is 5.32 Å². The van der Waals surface area contributed by atoms with E-state index in [1.54, 1.807) is 0 Å². The Bertz CT molecular complexity index is 564. The number of halogens is 2. The number of hydrogen-bond donors (Lipinski definition) is 1. The zero-order valence-corrected chi connectivity index (χ0v) is 14.1. The maximum absolute atomic E-state index is 5.98. The maximum atomic E-state index is 5.98. The molecule has 1 aromatic heterocycles. The predicted octanol–water partition coefficient (Wildman–Crippen LogP) is 5.27. The van der Waals surface area contributed by atoms with Gasteiger partial charge in [-0.3, -0.25) is 4.68 Å². The molecule has 0 aliphatic heterocycles. The van der Waals surface area contributed by atoms with Crippen LogP contribution in [0.4, 0.5) is 5.69 Å². The van der Waals surface area contributed by atoms with Crippen LogP contribution >= 0.6 is 27.5 Å². The molecular weight excluding hydrogens is 338 g/mol. The van der Waals surface area contributed by atoms with Crippen molar-refractivity contribution in [1.29, 1.82) is 0 Å². The third kappa shape index (κ3) is 3.76. The second-order valence-corrected chi connectivity index (χ2v) is 6.00. The lowest BCUT2D eigenvalue weighted by Gasteiger charge is -2.12. The van der Waals surface area contributed by atoms with Crippen molar-refractivity contribution in [2.45, 2.75) is 39.3 Å². The van der Waals surface area contributed by atoms with Crippen molar-refractivity contribution < 1.29 is 0 Å². The van der Waals surface area contributed by atoms with Crippen LogP contribution in [-0.4, -0.2) is 9.78 Å².